The molecule has 3 rings (SSSR count). The van der Waals surface area contributed by atoms with Crippen molar-refractivity contribution in [2.75, 3.05) is 31.1 Å². The molecular formula is C17H19N5O3. The van der Waals surface area contributed by atoms with Gasteiger partial charge in [0, 0.05) is 44.1 Å². The lowest BCUT2D eigenvalue weighted by atomic mass is 10.1. The number of benzene rings is 1. The van der Waals surface area contributed by atoms with E-state index < -0.39 is 5.91 Å². The Balaban J connectivity index is 1.68. The first-order valence-electron chi connectivity index (χ1n) is 7.93. The van der Waals surface area contributed by atoms with Crippen molar-refractivity contribution in [3.8, 4) is 0 Å². The number of piperazine rings is 1. The zero-order chi connectivity index (χ0) is 17.6. The minimum absolute atomic E-state index is 0.0267. The SMILES string of the molecule is O=C(/C=C/c1ccccc1N1CCN(C(=O)c2cn[nH]c2)CC1)NO. The largest absolute Gasteiger partial charge is 0.367 e. The second-order valence-corrected chi connectivity index (χ2v) is 5.63. The van der Waals surface area contributed by atoms with Gasteiger partial charge in [0.15, 0.2) is 0 Å². The summed E-state index contributed by atoms with van der Waals surface area (Å²) in [7, 11) is 0. The monoisotopic (exact) mass is 341 g/mol. The molecule has 1 aromatic heterocycles. The van der Waals surface area contributed by atoms with Crippen LogP contribution in [0.25, 0.3) is 6.08 Å². The summed E-state index contributed by atoms with van der Waals surface area (Å²) in [5.41, 5.74) is 4.00. The molecule has 2 amide bonds. The lowest BCUT2D eigenvalue weighted by molar-refractivity contribution is -0.124. The lowest BCUT2D eigenvalue weighted by Crippen LogP contribution is -2.48. The summed E-state index contributed by atoms with van der Waals surface area (Å²) in [6, 6.07) is 7.70. The summed E-state index contributed by atoms with van der Waals surface area (Å²) in [5, 5.41) is 15.1. The quantitative estimate of drug-likeness (QED) is 0.435. The number of hydrogen-bond donors (Lipinski definition) is 3. The number of anilines is 1. The highest BCUT2D eigenvalue weighted by atomic mass is 16.5. The molecule has 0 spiro atoms. The number of nitrogens with one attached hydrogen (secondary N) is 2. The van der Waals surface area contributed by atoms with Gasteiger partial charge in [-0.15, -0.1) is 0 Å². The van der Waals surface area contributed by atoms with Crippen LogP contribution < -0.4 is 10.4 Å². The zero-order valence-corrected chi connectivity index (χ0v) is 13.6. The highest BCUT2D eigenvalue weighted by Crippen LogP contribution is 2.23. The topological polar surface area (TPSA) is 102 Å². The summed E-state index contributed by atoms with van der Waals surface area (Å²) in [6.07, 6.45) is 6.06. The molecule has 3 N–H and O–H groups in total. The fourth-order valence-electron chi connectivity index (χ4n) is 2.82. The Kier molecular flexibility index (Phi) is 5.10. The average molecular weight is 341 g/mol. The van der Waals surface area contributed by atoms with E-state index in [4.69, 9.17) is 5.21 Å². The van der Waals surface area contributed by atoms with Crippen LogP contribution in [0.1, 0.15) is 15.9 Å². The second kappa shape index (κ2) is 7.63. The molecule has 0 saturated carbocycles. The first-order valence-corrected chi connectivity index (χ1v) is 7.93. The minimum Gasteiger partial charge on any atom is -0.367 e. The van der Waals surface area contributed by atoms with Gasteiger partial charge in [0.25, 0.3) is 11.8 Å². The van der Waals surface area contributed by atoms with E-state index in [0.29, 0.717) is 31.7 Å². The highest BCUT2D eigenvalue weighted by molar-refractivity contribution is 5.94. The predicted octanol–water partition coefficient (Wildman–Crippen LogP) is 0.891. The first kappa shape index (κ1) is 16.7. The van der Waals surface area contributed by atoms with E-state index in [0.717, 1.165) is 11.3 Å². The second-order valence-electron chi connectivity index (χ2n) is 5.63. The smallest absolute Gasteiger partial charge is 0.267 e. The number of rotatable bonds is 4. The van der Waals surface area contributed by atoms with Crippen LogP contribution in [0.2, 0.25) is 0 Å². The number of hydrogen-bond acceptors (Lipinski definition) is 5. The van der Waals surface area contributed by atoms with Gasteiger partial charge in [-0.25, -0.2) is 5.48 Å². The number of H-pyrrole nitrogens is 1. The molecule has 2 aromatic rings. The predicted molar refractivity (Wildman–Crippen MR) is 92.1 cm³/mol. The van der Waals surface area contributed by atoms with Crippen LogP contribution in [0.5, 0.6) is 0 Å². The van der Waals surface area contributed by atoms with Crippen molar-refractivity contribution in [1.29, 1.82) is 0 Å². The van der Waals surface area contributed by atoms with Crippen molar-refractivity contribution in [2.45, 2.75) is 0 Å². The molecule has 8 heteroatoms. The summed E-state index contributed by atoms with van der Waals surface area (Å²) >= 11 is 0. The molecule has 0 atom stereocenters. The number of carbonyl (C=O) groups is 2. The molecule has 130 valence electrons. The molecule has 0 bridgehead atoms. The van der Waals surface area contributed by atoms with Crippen molar-refractivity contribution in [3.63, 3.8) is 0 Å². The maximum Gasteiger partial charge on any atom is 0.267 e. The van der Waals surface area contributed by atoms with Gasteiger partial charge in [0.2, 0.25) is 0 Å². The third-order valence-electron chi connectivity index (χ3n) is 4.11. The van der Waals surface area contributed by atoms with Gasteiger partial charge in [-0.05, 0) is 17.7 Å². The van der Waals surface area contributed by atoms with E-state index >= 15 is 0 Å². The number of hydroxylamine groups is 1. The molecule has 25 heavy (non-hydrogen) atoms. The lowest BCUT2D eigenvalue weighted by Gasteiger charge is -2.36. The fraction of sp³-hybridized carbons (Fsp3) is 0.235. The molecule has 1 aromatic carbocycles. The van der Waals surface area contributed by atoms with E-state index in [1.807, 2.05) is 24.3 Å². The standard InChI is InChI=1S/C17H19N5O3/c23-16(20-25)6-5-13-3-1-2-4-15(13)21-7-9-22(10-8-21)17(24)14-11-18-19-12-14/h1-6,11-12,25H,7-10H2,(H,18,19)(H,20,23)/b6-5+. The van der Waals surface area contributed by atoms with Gasteiger partial charge in [-0.1, -0.05) is 18.2 Å². The van der Waals surface area contributed by atoms with Crippen LogP contribution in [-0.2, 0) is 4.79 Å². The molecule has 1 aliphatic rings. The van der Waals surface area contributed by atoms with E-state index in [-0.39, 0.29) is 5.91 Å². The van der Waals surface area contributed by atoms with Crippen molar-refractivity contribution < 1.29 is 14.8 Å². The van der Waals surface area contributed by atoms with Gasteiger partial charge < -0.3 is 9.80 Å². The van der Waals surface area contributed by atoms with Gasteiger partial charge in [-0.2, -0.15) is 5.10 Å². The molecule has 1 aliphatic heterocycles. The number of carbonyl (C=O) groups excluding carboxylic acids is 2. The summed E-state index contributed by atoms with van der Waals surface area (Å²) in [4.78, 5) is 27.5. The third-order valence-corrected chi connectivity index (χ3v) is 4.11. The minimum atomic E-state index is -0.578. The van der Waals surface area contributed by atoms with Gasteiger partial charge in [0.1, 0.15) is 0 Å². The normalized spacial score (nSPS) is 14.8. The van der Waals surface area contributed by atoms with Crippen LogP contribution in [0.4, 0.5) is 5.69 Å². The van der Waals surface area contributed by atoms with E-state index in [2.05, 4.69) is 15.1 Å². The van der Waals surface area contributed by atoms with Crippen LogP contribution in [-0.4, -0.2) is 58.3 Å². The molecule has 0 unspecified atom stereocenters. The summed E-state index contributed by atoms with van der Waals surface area (Å²) in [5.74, 6) is -0.605. The van der Waals surface area contributed by atoms with Gasteiger partial charge >= 0.3 is 0 Å². The van der Waals surface area contributed by atoms with Crippen molar-refractivity contribution in [1.82, 2.24) is 20.6 Å². The van der Waals surface area contributed by atoms with Crippen molar-refractivity contribution in [3.05, 3.63) is 53.9 Å². The summed E-state index contributed by atoms with van der Waals surface area (Å²) < 4.78 is 0. The Morgan fingerprint density at radius 3 is 2.64 bits per heavy atom. The number of amides is 2. The molecule has 1 fully saturated rings. The Bertz CT molecular complexity index is 764. The van der Waals surface area contributed by atoms with Crippen LogP contribution >= 0.6 is 0 Å². The maximum absolute atomic E-state index is 12.3. The van der Waals surface area contributed by atoms with E-state index in [1.54, 1.807) is 22.7 Å². The Morgan fingerprint density at radius 1 is 1.20 bits per heavy atom. The molecule has 0 radical (unpaired) electrons. The van der Waals surface area contributed by atoms with Crippen LogP contribution in [0.15, 0.2) is 42.7 Å². The number of aromatic nitrogens is 2. The maximum atomic E-state index is 12.3. The van der Waals surface area contributed by atoms with E-state index in [9.17, 15) is 9.59 Å². The Labute approximate surface area is 144 Å². The summed E-state index contributed by atoms with van der Waals surface area (Å²) in [6.45, 7) is 2.61. The fourth-order valence-corrected chi connectivity index (χ4v) is 2.82. The highest BCUT2D eigenvalue weighted by Gasteiger charge is 2.23. The third kappa shape index (κ3) is 3.86. The number of para-hydroxylation sites is 1. The van der Waals surface area contributed by atoms with E-state index in [1.165, 1.54) is 12.3 Å². The molecular weight excluding hydrogens is 322 g/mol. The Morgan fingerprint density at radius 2 is 1.96 bits per heavy atom. The van der Waals surface area contributed by atoms with Crippen molar-refractivity contribution in [2.24, 2.45) is 0 Å². The van der Waals surface area contributed by atoms with Crippen LogP contribution in [0.3, 0.4) is 0 Å². The molecule has 2 heterocycles. The average Bonchev–Trinajstić information content (AvgIpc) is 3.20. The van der Waals surface area contributed by atoms with Gasteiger partial charge in [-0.3, -0.25) is 19.9 Å². The van der Waals surface area contributed by atoms with Crippen LogP contribution in [0, 0.1) is 0 Å². The zero-order valence-electron chi connectivity index (χ0n) is 13.6. The number of nitrogens with zero attached hydrogens (tertiary/aromatic N) is 3. The molecule has 0 aliphatic carbocycles. The first-order chi connectivity index (χ1) is 12.2. The number of aromatic amines is 1. The molecule has 1 saturated heterocycles. The molecule has 8 nitrogen and oxygen atoms in total. The Hall–Kier alpha value is -3.13. The van der Waals surface area contributed by atoms with Gasteiger partial charge in [0.05, 0.1) is 11.8 Å². The van der Waals surface area contributed by atoms with Crippen molar-refractivity contribution >= 4 is 23.6 Å².